The maximum atomic E-state index is 11.6. The Morgan fingerprint density at radius 2 is 0.769 bits per heavy atom. The van der Waals surface area contributed by atoms with E-state index in [4.69, 9.17) is 8.37 Å². The van der Waals surface area contributed by atoms with Gasteiger partial charge in [0.1, 0.15) is 0 Å². The molecule has 0 aliphatic carbocycles. The van der Waals surface area contributed by atoms with E-state index >= 15 is 0 Å². The number of rotatable bonds is 20. The molecule has 0 unspecified atom stereocenters. The Morgan fingerprint density at radius 3 is 1.08 bits per heavy atom. The fourth-order valence-corrected chi connectivity index (χ4v) is 3.54. The molecule has 4 nitrogen and oxygen atoms in total. The van der Waals surface area contributed by atoms with Crippen LogP contribution in [0, 0.1) is 0 Å². The first-order valence-corrected chi connectivity index (χ1v) is 12.0. The second-order valence-electron chi connectivity index (χ2n) is 7.00. The predicted octanol–water partition coefficient (Wildman–Crippen LogP) is 5.90. The molecule has 0 aliphatic heterocycles. The molecule has 0 aromatic rings. The van der Waals surface area contributed by atoms with Crippen molar-refractivity contribution < 1.29 is 16.8 Å². The summed E-state index contributed by atoms with van der Waals surface area (Å²) in [6.07, 6.45) is 18.8. The maximum absolute atomic E-state index is 11.6. The van der Waals surface area contributed by atoms with Gasteiger partial charge in [0.2, 0.25) is 0 Å². The molecule has 0 aromatic heterocycles. The molecule has 0 fully saturated rings. The molecular formula is C20H43NaO4S. The Labute approximate surface area is 185 Å². The van der Waals surface area contributed by atoms with Crippen LogP contribution in [0.15, 0.2) is 0 Å². The summed E-state index contributed by atoms with van der Waals surface area (Å²) in [6.45, 7) is 4.92. The monoisotopic (exact) mass is 402 g/mol. The number of hydrogen-bond acceptors (Lipinski definition) is 4. The van der Waals surface area contributed by atoms with E-state index in [-0.39, 0.29) is 42.8 Å². The molecule has 0 bridgehead atoms. The molecule has 6 heteroatoms. The van der Waals surface area contributed by atoms with Gasteiger partial charge in [-0.1, -0.05) is 104 Å². The number of hydrogen-bond donors (Lipinski definition) is 0. The van der Waals surface area contributed by atoms with E-state index in [2.05, 4.69) is 13.8 Å². The van der Waals surface area contributed by atoms with Crippen LogP contribution < -0.4 is 0 Å². The van der Waals surface area contributed by atoms with Crippen molar-refractivity contribution in [2.75, 3.05) is 13.2 Å². The topological polar surface area (TPSA) is 52.6 Å². The molecular weight excluding hydrogens is 359 g/mol. The minimum atomic E-state index is -3.79. The molecule has 0 saturated carbocycles. The van der Waals surface area contributed by atoms with Crippen molar-refractivity contribution in [1.29, 1.82) is 0 Å². The molecule has 0 rings (SSSR count). The van der Waals surface area contributed by atoms with E-state index in [9.17, 15) is 8.42 Å². The van der Waals surface area contributed by atoms with Crippen LogP contribution in [0.25, 0.3) is 0 Å². The summed E-state index contributed by atoms with van der Waals surface area (Å²) in [6, 6.07) is 0. The summed E-state index contributed by atoms with van der Waals surface area (Å²) in [5.74, 6) is 0. The van der Waals surface area contributed by atoms with Gasteiger partial charge in [0.25, 0.3) is 0 Å². The summed E-state index contributed by atoms with van der Waals surface area (Å²) in [4.78, 5) is 0. The molecule has 0 heterocycles. The Morgan fingerprint density at radius 1 is 0.500 bits per heavy atom. The van der Waals surface area contributed by atoms with E-state index in [0.717, 1.165) is 38.5 Å². The molecule has 0 atom stereocenters. The molecule has 0 N–H and O–H groups in total. The first kappa shape index (κ1) is 29.1. The quantitative estimate of drug-likeness (QED) is 0.188. The van der Waals surface area contributed by atoms with Crippen molar-refractivity contribution >= 4 is 40.0 Å². The fraction of sp³-hybridized carbons (Fsp3) is 1.00. The zero-order valence-corrected chi connectivity index (χ0v) is 17.6. The molecule has 0 radical (unpaired) electrons. The Bertz CT molecular complexity index is 333. The van der Waals surface area contributed by atoms with Crippen LogP contribution in [0.2, 0.25) is 0 Å². The third-order valence-corrected chi connectivity index (χ3v) is 5.36. The summed E-state index contributed by atoms with van der Waals surface area (Å²) < 4.78 is 33.0. The third kappa shape index (κ3) is 22.9. The Hall–Kier alpha value is 0.870. The second-order valence-corrected chi connectivity index (χ2v) is 8.29. The van der Waals surface area contributed by atoms with Crippen LogP contribution in [-0.2, 0) is 18.8 Å². The first-order chi connectivity index (χ1) is 12.1. The van der Waals surface area contributed by atoms with Crippen molar-refractivity contribution in [1.82, 2.24) is 0 Å². The van der Waals surface area contributed by atoms with Crippen molar-refractivity contribution in [3.8, 4) is 0 Å². The van der Waals surface area contributed by atoms with Gasteiger partial charge in [-0.15, -0.1) is 0 Å². The fourth-order valence-electron chi connectivity index (χ4n) is 2.83. The Kier molecular flexibility index (Phi) is 24.8. The molecule has 0 amide bonds. The third-order valence-electron chi connectivity index (χ3n) is 4.45. The van der Waals surface area contributed by atoms with Gasteiger partial charge in [-0.3, -0.25) is 0 Å². The molecule has 154 valence electrons. The zero-order valence-electron chi connectivity index (χ0n) is 16.8. The van der Waals surface area contributed by atoms with Crippen LogP contribution in [0.5, 0.6) is 0 Å². The van der Waals surface area contributed by atoms with Crippen LogP contribution in [0.3, 0.4) is 0 Å². The van der Waals surface area contributed by atoms with Gasteiger partial charge in [-0.25, -0.2) is 8.37 Å². The van der Waals surface area contributed by atoms with Crippen molar-refractivity contribution in [2.24, 2.45) is 0 Å². The summed E-state index contributed by atoms with van der Waals surface area (Å²) in [5.41, 5.74) is 0. The van der Waals surface area contributed by atoms with E-state index < -0.39 is 10.4 Å². The van der Waals surface area contributed by atoms with E-state index in [1.165, 1.54) is 64.2 Å². The normalized spacial score (nSPS) is 11.5. The van der Waals surface area contributed by atoms with Crippen molar-refractivity contribution in [3.63, 3.8) is 0 Å². The van der Waals surface area contributed by atoms with Crippen molar-refractivity contribution in [3.05, 3.63) is 0 Å². The van der Waals surface area contributed by atoms with Gasteiger partial charge in [0.15, 0.2) is 0 Å². The standard InChI is InChI=1S/C20H42O4S.Na.H/c1-3-5-7-9-11-13-15-17-19-23-25(21,22)24-20-18-16-14-12-10-8-6-4-2;;/h3-20H2,1-2H3;;. The Balaban J connectivity index is 0. The molecule has 0 saturated heterocycles. The van der Waals surface area contributed by atoms with E-state index in [1.54, 1.807) is 0 Å². The van der Waals surface area contributed by atoms with Gasteiger partial charge >= 0.3 is 40.0 Å². The summed E-state index contributed by atoms with van der Waals surface area (Å²) >= 11 is 0. The average molecular weight is 403 g/mol. The van der Waals surface area contributed by atoms with E-state index in [1.807, 2.05) is 0 Å². The molecule has 0 spiro atoms. The zero-order chi connectivity index (χ0) is 18.6. The number of unbranched alkanes of at least 4 members (excludes halogenated alkanes) is 14. The van der Waals surface area contributed by atoms with Crippen molar-refractivity contribution in [2.45, 2.75) is 117 Å². The predicted molar refractivity (Wildman–Crippen MR) is 113 cm³/mol. The van der Waals surface area contributed by atoms with Gasteiger partial charge in [0, 0.05) is 0 Å². The van der Waals surface area contributed by atoms with Gasteiger partial charge in [-0.2, -0.15) is 8.42 Å². The first-order valence-electron chi connectivity index (χ1n) is 10.7. The average Bonchev–Trinajstić information content (AvgIpc) is 2.59. The van der Waals surface area contributed by atoms with Gasteiger partial charge in [-0.05, 0) is 12.8 Å². The van der Waals surface area contributed by atoms with Crippen LogP contribution >= 0.6 is 0 Å². The van der Waals surface area contributed by atoms with Gasteiger partial charge in [0.05, 0.1) is 13.2 Å². The molecule has 0 aliphatic rings. The minimum absolute atomic E-state index is 0. The van der Waals surface area contributed by atoms with Crippen LogP contribution in [0.4, 0.5) is 0 Å². The molecule has 0 aromatic carbocycles. The van der Waals surface area contributed by atoms with E-state index in [0.29, 0.717) is 0 Å². The SMILES string of the molecule is CCCCCCCCCCOS(=O)(=O)OCCCCCCCCCC.[NaH]. The van der Waals surface area contributed by atoms with Crippen LogP contribution in [0.1, 0.15) is 117 Å². The van der Waals surface area contributed by atoms with Gasteiger partial charge < -0.3 is 0 Å². The van der Waals surface area contributed by atoms with Crippen LogP contribution in [-0.4, -0.2) is 51.2 Å². The summed E-state index contributed by atoms with van der Waals surface area (Å²) in [5, 5.41) is 0. The molecule has 26 heavy (non-hydrogen) atoms. The summed E-state index contributed by atoms with van der Waals surface area (Å²) in [7, 11) is -3.79. The second kappa shape index (κ2) is 22.2.